The Morgan fingerprint density at radius 3 is 1.70 bits per heavy atom. The molecule has 12 N–H and O–H groups in total. The van der Waals surface area contributed by atoms with Gasteiger partial charge in [-0.05, 0) is 6.92 Å². The highest BCUT2D eigenvalue weighted by Crippen LogP contribution is 2.36. The first kappa shape index (κ1) is 28.3. The predicted octanol–water partition coefficient (Wildman–Crippen LogP) is -7.93. The highest BCUT2D eigenvalue weighted by Gasteiger charge is 2.64. The van der Waals surface area contributed by atoms with Crippen LogP contribution in [0.4, 0.5) is 0 Å². The maximum atomic E-state index is 13.4. The predicted molar refractivity (Wildman–Crippen MR) is 101 cm³/mol. The molecular weight excluding hydrogens is 456 g/mol. The van der Waals surface area contributed by atoms with Crippen molar-refractivity contribution in [3.05, 3.63) is 0 Å². The minimum Gasteiger partial charge on any atom is -0.394 e. The number of aliphatic hydroxyl groups excluding tert-OH is 11. The Bertz CT molecular complexity index is 659. The SMILES string of the molecule is C[C@H](O)[C@H](O)[C@@H](O)[C@@](O)(C(=O)C1O[C@H](CO)[C@@H](O)[C@H](O)[C@@H]1O)C1O[C@H](CO)[C@H](O)[C@H](O)[C@H]1O. The summed E-state index contributed by atoms with van der Waals surface area (Å²) in [6.45, 7) is -0.965. The van der Waals surface area contributed by atoms with E-state index in [2.05, 4.69) is 0 Å². The Labute approximate surface area is 187 Å². The fourth-order valence-corrected chi connectivity index (χ4v) is 3.99. The van der Waals surface area contributed by atoms with Crippen LogP contribution in [0.15, 0.2) is 0 Å². The largest absolute Gasteiger partial charge is 0.394 e. The molecule has 0 aliphatic carbocycles. The molecule has 0 aromatic carbocycles. The lowest BCUT2D eigenvalue weighted by molar-refractivity contribution is -0.292. The fraction of sp³-hybridized carbons (Fsp3) is 0.944. The van der Waals surface area contributed by atoms with Crippen LogP contribution in [0.25, 0.3) is 0 Å². The summed E-state index contributed by atoms with van der Waals surface area (Å²) >= 11 is 0. The average Bonchev–Trinajstić information content (AvgIpc) is 2.79. The van der Waals surface area contributed by atoms with Crippen LogP contribution in [-0.2, 0) is 14.3 Å². The highest BCUT2D eigenvalue weighted by atomic mass is 16.6. The lowest BCUT2D eigenvalue weighted by Crippen LogP contribution is -2.75. The minimum atomic E-state index is -3.50. The summed E-state index contributed by atoms with van der Waals surface area (Å²) in [5.41, 5.74) is -3.50. The Kier molecular flexibility index (Phi) is 9.28. The van der Waals surface area contributed by atoms with Crippen molar-refractivity contribution in [1.82, 2.24) is 0 Å². The van der Waals surface area contributed by atoms with Crippen molar-refractivity contribution in [1.29, 1.82) is 0 Å². The second-order valence-electron chi connectivity index (χ2n) is 8.36. The quantitative estimate of drug-likeness (QED) is 0.151. The molecule has 2 aliphatic rings. The van der Waals surface area contributed by atoms with E-state index in [0.29, 0.717) is 0 Å². The molecule has 2 aliphatic heterocycles. The molecule has 0 spiro atoms. The molecule has 14 atom stereocenters. The third kappa shape index (κ3) is 4.93. The molecule has 2 rings (SSSR count). The van der Waals surface area contributed by atoms with Gasteiger partial charge in [-0.1, -0.05) is 0 Å². The Hall–Kier alpha value is -0.890. The summed E-state index contributed by atoms with van der Waals surface area (Å²) in [4.78, 5) is 13.4. The molecule has 0 bridgehead atoms. The van der Waals surface area contributed by atoms with Gasteiger partial charge >= 0.3 is 0 Å². The molecular formula is C18H32O15. The smallest absolute Gasteiger partial charge is 0.201 e. The molecule has 194 valence electrons. The monoisotopic (exact) mass is 488 g/mol. The Morgan fingerprint density at radius 1 is 0.788 bits per heavy atom. The summed E-state index contributed by atoms with van der Waals surface area (Å²) < 4.78 is 10.2. The van der Waals surface area contributed by atoms with Crippen LogP contribution in [0.3, 0.4) is 0 Å². The second-order valence-corrected chi connectivity index (χ2v) is 8.36. The third-order valence-corrected chi connectivity index (χ3v) is 6.14. The summed E-state index contributed by atoms with van der Waals surface area (Å²) in [6.07, 6.45) is -27.3. The van der Waals surface area contributed by atoms with Gasteiger partial charge in [0.05, 0.1) is 19.3 Å². The van der Waals surface area contributed by atoms with Crippen LogP contribution in [0.1, 0.15) is 6.92 Å². The molecule has 15 heteroatoms. The van der Waals surface area contributed by atoms with Crippen molar-refractivity contribution >= 4 is 5.78 Å². The zero-order valence-electron chi connectivity index (χ0n) is 17.5. The third-order valence-electron chi connectivity index (χ3n) is 6.14. The maximum Gasteiger partial charge on any atom is 0.201 e. The molecule has 0 aromatic rings. The Balaban J connectivity index is 2.57. The van der Waals surface area contributed by atoms with Crippen LogP contribution < -0.4 is 0 Å². The van der Waals surface area contributed by atoms with Crippen LogP contribution >= 0.6 is 0 Å². The molecule has 2 saturated heterocycles. The van der Waals surface area contributed by atoms with E-state index in [-0.39, 0.29) is 0 Å². The summed E-state index contributed by atoms with van der Waals surface area (Å²) in [6, 6.07) is 0. The maximum absolute atomic E-state index is 13.4. The lowest BCUT2D eigenvalue weighted by atomic mass is 9.73. The van der Waals surface area contributed by atoms with E-state index in [9.17, 15) is 66.1 Å². The van der Waals surface area contributed by atoms with E-state index >= 15 is 0 Å². The van der Waals surface area contributed by atoms with Gasteiger partial charge in [0, 0.05) is 0 Å². The van der Waals surface area contributed by atoms with Gasteiger partial charge in [-0.3, -0.25) is 4.79 Å². The van der Waals surface area contributed by atoms with Crippen molar-refractivity contribution in [3.8, 4) is 0 Å². The lowest BCUT2D eigenvalue weighted by Gasteiger charge is -2.50. The number of ether oxygens (including phenoxy) is 2. The summed E-state index contributed by atoms with van der Waals surface area (Å²) in [7, 11) is 0. The zero-order valence-corrected chi connectivity index (χ0v) is 17.5. The molecule has 2 fully saturated rings. The standard InChI is InChI=1S/C18H32O15/c1-4(21)7(22)15(29)18(31,17-13(28)11(26)9(24)6(3-20)33-17)16(30)14-12(27)10(25)8(23)5(2-19)32-14/h4-15,17,19-29,31H,2-3H2,1H3/t4-,5+,6+,7-,8+,9-,10-,11-,12-,13+,14?,15+,17?,18+/m0/s1. The number of aliphatic hydroxyl groups is 12. The Morgan fingerprint density at radius 2 is 1.24 bits per heavy atom. The molecule has 15 nitrogen and oxygen atoms in total. The number of rotatable bonds is 8. The van der Waals surface area contributed by atoms with E-state index in [0.717, 1.165) is 6.92 Å². The number of Topliss-reactive ketones (excluding diaryl/α,β-unsaturated/α-hetero) is 1. The molecule has 2 unspecified atom stereocenters. The number of carbonyl (C=O) groups excluding carboxylic acids is 1. The molecule has 33 heavy (non-hydrogen) atoms. The topological polar surface area (TPSA) is 278 Å². The van der Waals surface area contributed by atoms with E-state index < -0.39 is 104 Å². The first-order chi connectivity index (χ1) is 15.2. The normalized spacial score (nSPS) is 44.5. The molecule has 0 radical (unpaired) electrons. The van der Waals surface area contributed by atoms with Gasteiger partial charge in [-0.25, -0.2) is 0 Å². The van der Waals surface area contributed by atoms with Crippen molar-refractivity contribution in [2.75, 3.05) is 13.2 Å². The van der Waals surface area contributed by atoms with Gasteiger partial charge in [-0.15, -0.1) is 0 Å². The van der Waals surface area contributed by atoms with E-state index in [1.807, 2.05) is 0 Å². The highest BCUT2D eigenvalue weighted by molar-refractivity contribution is 5.93. The van der Waals surface area contributed by atoms with Crippen LogP contribution in [0.2, 0.25) is 0 Å². The van der Waals surface area contributed by atoms with Gasteiger partial charge in [-0.2, -0.15) is 0 Å². The van der Waals surface area contributed by atoms with Gasteiger partial charge in [0.1, 0.15) is 73.2 Å². The number of hydrogen-bond acceptors (Lipinski definition) is 15. The van der Waals surface area contributed by atoms with Gasteiger partial charge in [0.15, 0.2) is 5.60 Å². The fourth-order valence-electron chi connectivity index (χ4n) is 3.99. The van der Waals surface area contributed by atoms with Crippen LogP contribution in [0, 0.1) is 0 Å². The molecule has 0 saturated carbocycles. The first-order valence-corrected chi connectivity index (χ1v) is 10.2. The number of hydrogen-bond donors (Lipinski definition) is 12. The van der Waals surface area contributed by atoms with Gasteiger partial charge < -0.3 is 70.8 Å². The zero-order chi connectivity index (χ0) is 25.4. The molecule has 0 aromatic heterocycles. The van der Waals surface area contributed by atoms with Gasteiger partial charge in [0.2, 0.25) is 5.78 Å². The molecule has 2 heterocycles. The van der Waals surface area contributed by atoms with E-state index in [1.165, 1.54) is 0 Å². The minimum absolute atomic E-state index is 0.952. The average molecular weight is 488 g/mol. The van der Waals surface area contributed by atoms with Crippen molar-refractivity contribution < 1.29 is 75.5 Å². The van der Waals surface area contributed by atoms with Crippen molar-refractivity contribution in [2.24, 2.45) is 0 Å². The van der Waals surface area contributed by atoms with Gasteiger partial charge in [0.25, 0.3) is 0 Å². The van der Waals surface area contributed by atoms with Crippen LogP contribution in [-0.4, -0.2) is 165 Å². The van der Waals surface area contributed by atoms with Crippen molar-refractivity contribution in [3.63, 3.8) is 0 Å². The number of carbonyl (C=O) groups is 1. The van der Waals surface area contributed by atoms with E-state index in [4.69, 9.17) is 9.47 Å². The number of ketones is 1. The van der Waals surface area contributed by atoms with Crippen LogP contribution in [0.5, 0.6) is 0 Å². The summed E-state index contributed by atoms with van der Waals surface area (Å²) in [5.74, 6) is -1.74. The van der Waals surface area contributed by atoms with Crippen molar-refractivity contribution in [2.45, 2.75) is 91.9 Å². The summed E-state index contributed by atoms with van der Waals surface area (Å²) in [5, 5.41) is 121. The molecule has 0 amide bonds. The second kappa shape index (κ2) is 10.8. The first-order valence-electron chi connectivity index (χ1n) is 10.2. The van der Waals surface area contributed by atoms with E-state index in [1.54, 1.807) is 0 Å².